The number of rotatable bonds is 4. The number of aryl methyl sites for hydroxylation is 1. The highest BCUT2D eigenvalue weighted by Crippen LogP contribution is 2.21. The number of nitrogens with zero attached hydrogens (tertiary/aromatic N) is 4. The van der Waals surface area contributed by atoms with E-state index < -0.39 is 0 Å². The molecule has 0 aliphatic carbocycles. The molecular weight excluding hydrogens is 300 g/mol. The lowest BCUT2D eigenvalue weighted by molar-refractivity contribution is 0.0663. The van der Waals surface area contributed by atoms with Crippen molar-refractivity contribution in [3.05, 3.63) is 47.3 Å². The first-order chi connectivity index (χ1) is 11.6. The lowest BCUT2D eigenvalue weighted by Crippen LogP contribution is -2.47. The summed E-state index contributed by atoms with van der Waals surface area (Å²) in [7, 11) is 2.10. The lowest BCUT2D eigenvalue weighted by atomic mass is 10.1. The molecule has 0 saturated carbocycles. The maximum Gasteiger partial charge on any atom is 0.257 e. The first-order valence-corrected chi connectivity index (χ1v) is 8.72. The monoisotopic (exact) mass is 326 g/mol. The van der Waals surface area contributed by atoms with Crippen LogP contribution in [0.4, 0.5) is 0 Å². The maximum absolute atomic E-state index is 13.0. The van der Waals surface area contributed by atoms with E-state index >= 15 is 0 Å². The van der Waals surface area contributed by atoms with E-state index in [1.54, 1.807) is 6.20 Å². The van der Waals surface area contributed by atoms with Gasteiger partial charge in [0.15, 0.2) is 0 Å². The predicted molar refractivity (Wildman–Crippen MR) is 95.7 cm³/mol. The molecule has 1 fully saturated rings. The Bertz CT molecular complexity index is 714. The molecule has 2 heterocycles. The summed E-state index contributed by atoms with van der Waals surface area (Å²) >= 11 is 0. The molecular formula is C19H26N4O. The third-order valence-corrected chi connectivity index (χ3v) is 4.72. The smallest absolute Gasteiger partial charge is 0.257 e. The van der Waals surface area contributed by atoms with Crippen LogP contribution in [0, 0.1) is 6.92 Å². The number of carbonyl (C=O) groups excluding carboxylic acids is 1. The van der Waals surface area contributed by atoms with Crippen LogP contribution in [0.15, 0.2) is 30.5 Å². The van der Waals surface area contributed by atoms with E-state index in [0.29, 0.717) is 0 Å². The fourth-order valence-corrected chi connectivity index (χ4v) is 3.22. The fraction of sp³-hybridized carbons (Fsp3) is 0.474. The summed E-state index contributed by atoms with van der Waals surface area (Å²) in [4.78, 5) is 17.2. The molecule has 24 heavy (non-hydrogen) atoms. The molecule has 128 valence electrons. The SMILES string of the molecule is CCCc1c(C(=O)N2CCN(C)CC2)cnn1-c1ccccc1C. The predicted octanol–water partition coefficient (Wildman–Crippen LogP) is 2.52. The first-order valence-electron chi connectivity index (χ1n) is 8.72. The van der Waals surface area contributed by atoms with Gasteiger partial charge in [-0.15, -0.1) is 0 Å². The van der Waals surface area contributed by atoms with Crippen molar-refractivity contribution in [3.8, 4) is 5.69 Å². The molecule has 5 nitrogen and oxygen atoms in total. The van der Waals surface area contributed by atoms with Crippen LogP contribution in [0.2, 0.25) is 0 Å². The molecule has 0 unspecified atom stereocenters. The van der Waals surface area contributed by atoms with Crippen molar-refractivity contribution in [2.45, 2.75) is 26.7 Å². The molecule has 1 aliphatic rings. The number of carbonyl (C=O) groups is 1. The van der Waals surface area contributed by atoms with Crippen LogP contribution >= 0.6 is 0 Å². The van der Waals surface area contributed by atoms with Gasteiger partial charge in [0.05, 0.1) is 23.1 Å². The van der Waals surface area contributed by atoms with Crippen LogP contribution in [0.1, 0.15) is 35.0 Å². The summed E-state index contributed by atoms with van der Waals surface area (Å²) in [5, 5.41) is 4.56. The van der Waals surface area contributed by atoms with Gasteiger partial charge in [0.25, 0.3) is 5.91 Å². The number of amides is 1. The molecule has 5 heteroatoms. The number of hydrogen-bond acceptors (Lipinski definition) is 3. The standard InChI is InChI=1S/C19H26N4O/c1-4-7-18-16(19(24)22-12-10-21(3)11-13-22)14-20-23(18)17-9-6-5-8-15(17)2/h5-6,8-9,14H,4,7,10-13H2,1-3H3. The minimum absolute atomic E-state index is 0.117. The van der Waals surface area contributed by atoms with Crippen molar-refractivity contribution in [2.75, 3.05) is 33.2 Å². The molecule has 0 radical (unpaired) electrons. The molecule has 0 N–H and O–H groups in total. The molecule has 3 rings (SSSR count). The topological polar surface area (TPSA) is 41.4 Å². The minimum Gasteiger partial charge on any atom is -0.336 e. The Morgan fingerprint density at radius 1 is 1.17 bits per heavy atom. The molecule has 1 aliphatic heterocycles. The fourth-order valence-electron chi connectivity index (χ4n) is 3.22. The summed E-state index contributed by atoms with van der Waals surface area (Å²) in [6.45, 7) is 7.66. The van der Waals surface area contributed by atoms with Crippen molar-refractivity contribution < 1.29 is 4.79 Å². The highest BCUT2D eigenvalue weighted by Gasteiger charge is 2.25. The van der Waals surface area contributed by atoms with Crippen molar-refractivity contribution in [1.82, 2.24) is 19.6 Å². The van der Waals surface area contributed by atoms with Crippen molar-refractivity contribution in [2.24, 2.45) is 0 Å². The summed E-state index contributed by atoms with van der Waals surface area (Å²) in [6, 6.07) is 8.18. The van der Waals surface area contributed by atoms with Crippen LogP contribution in [-0.2, 0) is 6.42 Å². The molecule has 0 atom stereocenters. The molecule has 1 aromatic carbocycles. The van der Waals surface area contributed by atoms with E-state index in [1.165, 1.54) is 0 Å². The Kier molecular flexibility index (Phi) is 5.00. The molecule has 1 aromatic heterocycles. The number of para-hydroxylation sites is 1. The Morgan fingerprint density at radius 3 is 2.54 bits per heavy atom. The number of aromatic nitrogens is 2. The second-order valence-electron chi connectivity index (χ2n) is 6.55. The lowest BCUT2D eigenvalue weighted by Gasteiger charge is -2.32. The van der Waals surface area contributed by atoms with E-state index in [0.717, 1.165) is 61.5 Å². The Hall–Kier alpha value is -2.14. The zero-order chi connectivity index (χ0) is 17.1. The van der Waals surface area contributed by atoms with Gasteiger partial charge in [0.1, 0.15) is 0 Å². The maximum atomic E-state index is 13.0. The van der Waals surface area contributed by atoms with E-state index in [-0.39, 0.29) is 5.91 Å². The first kappa shape index (κ1) is 16.7. The van der Waals surface area contributed by atoms with Gasteiger partial charge in [-0.1, -0.05) is 31.5 Å². The van der Waals surface area contributed by atoms with Gasteiger partial charge in [0.2, 0.25) is 0 Å². The Labute approximate surface area is 143 Å². The molecule has 0 spiro atoms. The van der Waals surface area contributed by atoms with Gasteiger partial charge >= 0.3 is 0 Å². The third kappa shape index (κ3) is 3.22. The average Bonchev–Trinajstić information content (AvgIpc) is 2.99. The van der Waals surface area contributed by atoms with Crippen LogP contribution in [0.3, 0.4) is 0 Å². The Balaban J connectivity index is 1.94. The van der Waals surface area contributed by atoms with Crippen molar-refractivity contribution in [3.63, 3.8) is 0 Å². The van der Waals surface area contributed by atoms with E-state index in [2.05, 4.69) is 43.0 Å². The zero-order valence-electron chi connectivity index (χ0n) is 14.8. The highest BCUT2D eigenvalue weighted by atomic mass is 16.2. The molecule has 1 saturated heterocycles. The molecule has 1 amide bonds. The summed E-state index contributed by atoms with van der Waals surface area (Å²) in [5.74, 6) is 0.117. The van der Waals surface area contributed by atoms with Gasteiger partial charge in [-0.25, -0.2) is 4.68 Å². The number of hydrogen-bond donors (Lipinski definition) is 0. The quantitative estimate of drug-likeness (QED) is 0.867. The largest absolute Gasteiger partial charge is 0.336 e. The van der Waals surface area contributed by atoms with Gasteiger partial charge < -0.3 is 9.80 Å². The van der Waals surface area contributed by atoms with Crippen LogP contribution in [0.5, 0.6) is 0 Å². The average molecular weight is 326 g/mol. The Morgan fingerprint density at radius 2 is 1.88 bits per heavy atom. The number of piperazine rings is 1. The third-order valence-electron chi connectivity index (χ3n) is 4.72. The van der Waals surface area contributed by atoms with Gasteiger partial charge in [-0.05, 0) is 32.0 Å². The second kappa shape index (κ2) is 7.18. The van der Waals surface area contributed by atoms with Gasteiger partial charge in [-0.2, -0.15) is 5.10 Å². The van der Waals surface area contributed by atoms with Crippen LogP contribution in [-0.4, -0.2) is 58.7 Å². The van der Waals surface area contributed by atoms with E-state index in [4.69, 9.17) is 0 Å². The number of likely N-dealkylation sites (N-methyl/N-ethyl adjacent to an activating group) is 1. The normalized spacial score (nSPS) is 15.7. The number of benzene rings is 1. The minimum atomic E-state index is 0.117. The summed E-state index contributed by atoms with van der Waals surface area (Å²) < 4.78 is 1.95. The molecule has 2 aromatic rings. The van der Waals surface area contributed by atoms with E-state index in [9.17, 15) is 4.79 Å². The zero-order valence-corrected chi connectivity index (χ0v) is 14.8. The highest BCUT2D eigenvalue weighted by molar-refractivity contribution is 5.95. The second-order valence-corrected chi connectivity index (χ2v) is 6.55. The van der Waals surface area contributed by atoms with E-state index in [1.807, 2.05) is 21.7 Å². The summed E-state index contributed by atoms with van der Waals surface area (Å²) in [5.41, 5.74) is 4.00. The van der Waals surface area contributed by atoms with Crippen molar-refractivity contribution >= 4 is 5.91 Å². The van der Waals surface area contributed by atoms with Crippen molar-refractivity contribution in [1.29, 1.82) is 0 Å². The molecule has 0 bridgehead atoms. The van der Waals surface area contributed by atoms with Crippen LogP contribution < -0.4 is 0 Å². The van der Waals surface area contributed by atoms with Gasteiger partial charge in [0, 0.05) is 26.2 Å². The summed E-state index contributed by atoms with van der Waals surface area (Å²) in [6.07, 6.45) is 3.59. The van der Waals surface area contributed by atoms with Gasteiger partial charge in [-0.3, -0.25) is 4.79 Å². The van der Waals surface area contributed by atoms with Crippen LogP contribution in [0.25, 0.3) is 5.69 Å².